The molecule has 0 atom stereocenters. The number of hydrogen-bond donors (Lipinski definition) is 0. The van der Waals surface area contributed by atoms with E-state index in [9.17, 15) is 0 Å². The lowest BCUT2D eigenvalue weighted by Crippen LogP contribution is -2.00. The summed E-state index contributed by atoms with van der Waals surface area (Å²) in [5.41, 5.74) is 0.837. The molecule has 0 amide bonds. The maximum atomic E-state index is 5.55. The summed E-state index contributed by atoms with van der Waals surface area (Å²) in [6, 6.07) is 5.70. The molecule has 0 bridgehead atoms. The Bertz CT molecular complexity index is 640. The smallest absolute Gasteiger partial charge is 0.211 e. The van der Waals surface area contributed by atoms with Crippen LogP contribution >= 0.6 is 11.8 Å². The van der Waals surface area contributed by atoms with Gasteiger partial charge in [-0.25, -0.2) is 0 Å². The monoisotopic (exact) mass is 306 g/mol. The van der Waals surface area contributed by atoms with E-state index in [2.05, 4.69) is 15.3 Å². The van der Waals surface area contributed by atoms with E-state index in [0.717, 1.165) is 16.5 Å². The molecule has 2 rings (SSSR count). The van der Waals surface area contributed by atoms with Crippen LogP contribution in [0.15, 0.2) is 28.5 Å². The Labute approximate surface area is 128 Å². The predicted octanol–water partition coefficient (Wildman–Crippen LogP) is 2.60. The van der Waals surface area contributed by atoms with Gasteiger partial charge in [0, 0.05) is 5.56 Å². The summed E-state index contributed by atoms with van der Waals surface area (Å²) in [7, 11) is 1.62. The van der Waals surface area contributed by atoms with Crippen molar-refractivity contribution in [2.24, 2.45) is 5.10 Å². The van der Waals surface area contributed by atoms with Gasteiger partial charge in [0.05, 0.1) is 19.9 Å². The second-order valence-corrected chi connectivity index (χ2v) is 4.88. The van der Waals surface area contributed by atoms with Crippen LogP contribution in [0.25, 0.3) is 0 Å². The maximum absolute atomic E-state index is 5.55. The number of hydrogen-bond acceptors (Lipinski definition) is 6. The summed E-state index contributed by atoms with van der Waals surface area (Å²) in [4.78, 5) is 0. The molecule has 0 radical (unpaired) electrons. The van der Waals surface area contributed by atoms with Crippen molar-refractivity contribution in [3.63, 3.8) is 0 Å². The van der Waals surface area contributed by atoms with Crippen LogP contribution in [-0.4, -0.2) is 41.1 Å². The Hall–Kier alpha value is -2.02. The predicted molar refractivity (Wildman–Crippen MR) is 83.7 cm³/mol. The summed E-state index contributed by atoms with van der Waals surface area (Å²) >= 11 is 1.49. The van der Waals surface area contributed by atoms with Gasteiger partial charge in [0.1, 0.15) is 0 Å². The van der Waals surface area contributed by atoms with Gasteiger partial charge in [-0.1, -0.05) is 17.8 Å². The second kappa shape index (κ2) is 7.12. The standard InChI is InChI=1S/C14H18N4O2S/c1-5-20-12-8-6-7-11(13(12)19-3)9-15-18-10(2)16-17-14(18)21-4/h6-9H,5H2,1-4H3/b15-9-. The van der Waals surface area contributed by atoms with Crippen LogP contribution in [0.2, 0.25) is 0 Å². The van der Waals surface area contributed by atoms with E-state index in [0.29, 0.717) is 18.1 Å². The van der Waals surface area contributed by atoms with E-state index in [1.807, 2.05) is 38.3 Å². The van der Waals surface area contributed by atoms with Gasteiger partial charge in [-0.15, -0.1) is 10.2 Å². The highest BCUT2D eigenvalue weighted by Gasteiger charge is 2.09. The van der Waals surface area contributed by atoms with Crippen LogP contribution < -0.4 is 9.47 Å². The van der Waals surface area contributed by atoms with Gasteiger partial charge in [-0.3, -0.25) is 0 Å². The Morgan fingerprint density at radius 3 is 2.86 bits per heavy atom. The number of nitrogens with zero attached hydrogens (tertiary/aromatic N) is 4. The average Bonchev–Trinajstić information content (AvgIpc) is 2.85. The minimum absolute atomic E-state index is 0.581. The van der Waals surface area contributed by atoms with Crippen molar-refractivity contribution in [3.05, 3.63) is 29.6 Å². The molecule has 6 nitrogen and oxygen atoms in total. The largest absolute Gasteiger partial charge is 0.492 e. The lowest BCUT2D eigenvalue weighted by molar-refractivity contribution is 0.310. The summed E-state index contributed by atoms with van der Waals surface area (Å²) in [6.45, 7) is 4.38. The number of aromatic nitrogens is 3. The number of aryl methyl sites for hydroxylation is 1. The molecule has 0 aliphatic rings. The van der Waals surface area contributed by atoms with Crippen molar-refractivity contribution < 1.29 is 9.47 Å². The molecular formula is C14H18N4O2S. The van der Waals surface area contributed by atoms with Crippen molar-refractivity contribution in [2.45, 2.75) is 19.0 Å². The van der Waals surface area contributed by atoms with Crippen LogP contribution in [-0.2, 0) is 0 Å². The highest BCUT2D eigenvalue weighted by molar-refractivity contribution is 7.98. The molecule has 112 valence electrons. The third kappa shape index (κ3) is 3.36. The second-order valence-electron chi connectivity index (χ2n) is 4.10. The van der Waals surface area contributed by atoms with E-state index in [1.165, 1.54) is 11.8 Å². The first kappa shape index (κ1) is 15.4. The van der Waals surface area contributed by atoms with Gasteiger partial charge < -0.3 is 9.47 Å². The van der Waals surface area contributed by atoms with E-state index < -0.39 is 0 Å². The maximum Gasteiger partial charge on any atom is 0.211 e. The lowest BCUT2D eigenvalue weighted by atomic mass is 10.2. The van der Waals surface area contributed by atoms with Crippen molar-refractivity contribution >= 4 is 18.0 Å². The molecule has 0 aliphatic heterocycles. The van der Waals surface area contributed by atoms with Gasteiger partial charge in [0.25, 0.3) is 0 Å². The van der Waals surface area contributed by atoms with Crippen LogP contribution in [0.3, 0.4) is 0 Å². The molecule has 2 aromatic rings. The summed E-state index contributed by atoms with van der Waals surface area (Å²) in [5.74, 6) is 2.10. The fourth-order valence-corrected chi connectivity index (χ4v) is 2.32. The zero-order chi connectivity index (χ0) is 15.2. The highest BCUT2D eigenvalue weighted by atomic mass is 32.2. The Kier molecular flexibility index (Phi) is 5.21. The molecule has 0 aliphatic carbocycles. The molecule has 0 unspecified atom stereocenters. The zero-order valence-electron chi connectivity index (χ0n) is 12.5. The molecule has 0 fully saturated rings. The number of para-hydroxylation sites is 1. The molecule has 0 N–H and O–H groups in total. The minimum Gasteiger partial charge on any atom is -0.492 e. The summed E-state index contributed by atoms with van der Waals surface area (Å²) < 4.78 is 12.7. The Morgan fingerprint density at radius 2 is 2.19 bits per heavy atom. The SMILES string of the molecule is CCOc1cccc(/C=N\n2c(C)nnc2SC)c1OC. The first-order valence-corrected chi connectivity index (χ1v) is 7.73. The number of ether oxygens (including phenoxy) is 2. The molecule has 0 saturated carbocycles. The number of rotatable bonds is 6. The fourth-order valence-electron chi connectivity index (χ4n) is 1.84. The number of methoxy groups -OCH3 is 1. The lowest BCUT2D eigenvalue weighted by Gasteiger charge is -2.11. The van der Waals surface area contributed by atoms with Gasteiger partial charge in [0.15, 0.2) is 17.3 Å². The van der Waals surface area contributed by atoms with Gasteiger partial charge in [0.2, 0.25) is 5.16 Å². The first-order chi connectivity index (χ1) is 10.2. The van der Waals surface area contributed by atoms with Crippen LogP contribution in [0.4, 0.5) is 0 Å². The molecule has 0 saturated heterocycles. The molecule has 7 heteroatoms. The van der Waals surface area contributed by atoms with Gasteiger partial charge >= 0.3 is 0 Å². The van der Waals surface area contributed by atoms with Crippen LogP contribution in [0, 0.1) is 6.92 Å². The molecule has 1 heterocycles. The minimum atomic E-state index is 0.581. The molecule has 1 aromatic heterocycles. The van der Waals surface area contributed by atoms with Crippen molar-refractivity contribution in [3.8, 4) is 11.5 Å². The quantitative estimate of drug-likeness (QED) is 0.606. The zero-order valence-corrected chi connectivity index (χ0v) is 13.3. The van der Waals surface area contributed by atoms with Gasteiger partial charge in [-0.05, 0) is 32.2 Å². The van der Waals surface area contributed by atoms with E-state index >= 15 is 0 Å². The van der Waals surface area contributed by atoms with Crippen LogP contribution in [0.1, 0.15) is 18.3 Å². The first-order valence-electron chi connectivity index (χ1n) is 6.51. The normalized spacial score (nSPS) is 11.0. The third-order valence-corrected chi connectivity index (χ3v) is 3.40. The Morgan fingerprint density at radius 1 is 1.38 bits per heavy atom. The van der Waals surface area contributed by atoms with Crippen molar-refractivity contribution in [2.75, 3.05) is 20.0 Å². The molecule has 0 spiro atoms. The number of benzene rings is 1. The Balaban J connectivity index is 2.36. The molecule has 1 aromatic carbocycles. The summed E-state index contributed by atoms with van der Waals surface area (Å²) in [6.07, 6.45) is 3.66. The fraction of sp³-hybridized carbons (Fsp3) is 0.357. The van der Waals surface area contributed by atoms with E-state index in [1.54, 1.807) is 18.0 Å². The van der Waals surface area contributed by atoms with E-state index in [-0.39, 0.29) is 0 Å². The van der Waals surface area contributed by atoms with Crippen molar-refractivity contribution in [1.82, 2.24) is 14.9 Å². The topological polar surface area (TPSA) is 61.5 Å². The van der Waals surface area contributed by atoms with E-state index in [4.69, 9.17) is 9.47 Å². The summed E-state index contributed by atoms with van der Waals surface area (Å²) in [5, 5.41) is 13.2. The average molecular weight is 306 g/mol. The van der Waals surface area contributed by atoms with Crippen molar-refractivity contribution in [1.29, 1.82) is 0 Å². The molecule has 21 heavy (non-hydrogen) atoms. The van der Waals surface area contributed by atoms with Gasteiger partial charge in [-0.2, -0.15) is 9.78 Å². The van der Waals surface area contributed by atoms with Crippen LogP contribution in [0.5, 0.6) is 11.5 Å². The third-order valence-electron chi connectivity index (χ3n) is 2.78. The highest BCUT2D eigenvalue weighted by Crippen LogP contribution is 2.30. The molecular weight excluding hydrogens is 288 g/mol. The number of thioether (sulfide) groups is 1.